The number of carboxylic acids is 2. The smallest absolute Gasteiger partial charge is 0.334 e. The van der Waals surface area contributed by atoms with Crippen LogP contribution in [0.4, 0.5) is 11.4 Å². The molecule has 2 aliphatic rings. The number of para-hydroxylation sites is 1. The molecule has 0 saturated carbocycles. The quantitative estimate of drug-likeness (QED) is 0.217. The Labute approximate surface area is 237 Å². The molecule has 1 amide bonds. The van der Waals surface area contributed by atoms with Crippen LogP contribution in [0.1, 0.15) is 25.3 Å². The lowest BCUT2D eigenvalue weighted by Crippen LogP contribution is -2.52. The summed E-state index contributed by atoms with van der Waals surface area (Å²) in [4.78, 5) is 41.0. The van der Waals surface area contributed by atoms with E-state index in [0.29, 0.717) is 22.6 Å². The molecule has 2 heterocycles. The Hall–Kier alpha value is -4.42. The van der Waals surface area contributed by atoms with Crippen LogP contribution in [0.2, 0.25) is 0 Å². The molecule has 0 bridgehead atoms. The van der Waals surface area contributed by atoms with Gasteiger partial charge in [0.15, 0.2) is 5.11 Å². The number of dihydropyridines is 1. The predicted octanol–water partition coefficient (Wildman–Crippen LogP) is 2.23. The van der Waals surface area contributed by atoms with Gasteiger partial charge in [-0.15, -0.1) is 0 Å². The molecule has 0 atom stereocenters. The molecule has 12 heteroatoms. The van der Waals surface area contributed by atoms with Crippen LogP contribution in [0.15, 0.2) is 77.1 Å². The Balaban J connectivity index is 1.33. The van der Waals surface area contributed by atoms with E-state index < -0.39 is 17.9 Å². The van der Waals surface area contributed by atoms with Gasteiger partial charge in [-0.05, 0) is 55.9 Å². The molecule has 0 radical (unpaired) electrons. The van der Waals surface area contributed by atoms with Gasteiger partial charge in [-0.25, -0.2) is 9.59 Å². The molecule has 1 saturated heterocycles. The van der Waals surface area contributed by atoms with Crippen LogP contribution in [0, 0.1) is 0 Å². The highest BCUT2D eigenvalue weighted by Gasteiger charge is 2.36. The van der Waals surface area contributed by atoms with Gasteiger partial charge in [0.05, 0.1) is 23.6 Å². The van der Waals surface area contributed by atoms with Gasteiger partial charge in [0.2, 0.25) is 0 Å². The molecule has 6 N–H and O–H groups in total. The fourth-order valence-electron chi connectivity index (χ4n) is 5.02. The maximum atomic E-state index is 12.5. The molecular weight excluding hydrogens is 532 g/mol. The lowest BCUT2D eigenvalue weighted by atomic mass is 9.80. The fraction of sp³-hybridized carbons (Fsp3) is 0.286. The number of nitrogens with zero attached hydrogens (tertiary/aromatic N) is 2. The largest absolute Gasteiger partial charge is 0.478 e. The van der Waals surface area contributed by atoms with Gasteiger partial charge >= 0.3 is 11.9 Å². The topological polar surface area (TPSA) is 146 Å². The Morgan fingerprint density at radius 2 is 1.52 bits per heavy atom. The number of thiocarbonyl (C=S) groups is 1. The maximum Gasteiger partial charge on any atom is 0.334 e. The first-order valence-electron chi connectivity index (χ1n) is 12.8. The zero-order chi connectivity index (χ0) is 28.8. The van der Waals surface area contributed by atoms with Gasteiger partial charge in [0, 0.05) is 48.9 Å². The third-order valence-corrected chi connectivity index (χ3v) is 7.08. The minimum absolute atomic E-state index is 0.0438. The van der Waals surface area contributed by atoms with Gasteiger partial charge in [0.25, 0.3) is 5.91 Å². The number of anilines is 2. The van der Waals surface area contributed by atoms with E-state index in [1.165, 1.54) is 5.69 Å². The van der Waals surface area contributed by atoms with Crippen LogP contribution in [-0.4, -0.2) is 70.8 Å². The summed E-state index contributed by atoms with van der Waals surface area (Å²) in [5.41, 5.74) is 8.10. The summed E-state index contributed by atoms with van der Waals surface area (Å²) >= 11 is 5.32. The summed E-state index contributed by atoms with van der Waals surface area (Å²) in [6.07, 6.45) is 0. The summed E-state index contributed by atoms with van der Waals surface area (Å²) in [5, 5.41) is 25.6. The Morgan fingerprint density at radius 1 is 0.900 bits per heavy atom. The molecule has 2 aliphatic heterocycles. The number of hydrazine groups is 1. The van der Waals surface area contributed by atoms with E-state index in [4.69, 9.17) is 12.2 Å². The fourth-order valence-corrected chi connectivity index (χ4v) is 5.19. The Kier molecular flexibility index (Phi) is 9.02. The first kappa shape index (κ1) is 28.6. The van der Waals surface area contributed by atoms with Gasteiger partial charge in [-0.2, -0.15) is 0 Å². The summed E-state index contributed by atoms with van der Waals surface area (Å²) in [5.74, 6) is -3.64. The monoisotopic (exact) mass is 564 g/mol. The molecule has 11 nitrogen and oxygen atoms in total. The number of benzene rings is 2. The van der Waals surface area contributed by atoms with Crippen LogP contribution < -0.4 is 26.4 Å². The van der Waals surface area contributed by atoms with Crippen LogP contribution >= 0.6 is 12.2 Å². The number of hydrogen-bond donors (Lipinski definition) is 6. The summed E-state index contributed by atoms with van der Waals surface area (Å²) in [6.45, 7) is 6.59. The van der Waals surface area contributed by atoms with E-state index in [1.54, 1.807) is 38.1 Å². The molecule has 0 spiro atoms. The molecule has 1 fully saturated rings. The molecule has 2 aromatic carbocycles. The second-order valence-electron chi connectivity index (χ2n) is 9.60. The van der Waals surface area contributed by atoms with Crippen molar-refractivity contribution in [2.75, 3.05) is 42.9 Å². The van der Waals surface area contributed by atoms with Gasteiger partial charge < -0.3 is 25.7 Å². The first-order chi connectivity index (χ1) is 19.1. The van der Waals surface area contributed by atoms with Crippen LogP contribution in [0.5, 0.6) is 0 Å². The number of hydrogen-bond acceptors (Lipinski definition) is 7. The van der Waals surface area contributed by atoms with Crippen molar-refractivity contribution in [2.45, 2.75) is 19.8 Å². The number of allylic oxidation sites excluding steroid dienone is 2. The van der Waals surface area contributed by atoms with E-state index in [1.807, 2.05) is 18.2 Å². The number of amides is 1. The van der Waals surface area contributed by atoms with Gasteiger partial charge in [-0.1, -0.05) is 30.3 Å². The number of carbonyl (C=O) groups is 3. The van der Waals surface area contributed by atoms with Crippen molar-refractivity contribution in [1.29, 1.82) is 0 Å². The minimum atomic E-state index is -1.21. The third-order valence-electron chi connectivity index (χ3n) is 6.88. The van der Waals surface area contributed by atoms with Crippen molar-refractivity contribution in [3.63, 3.8) is 0 Å². The van der Waals surface area contributed by atoms with Gasteiger partial charge in [0.1, 0.15) is 0 Å². The Bertz CT molecular complexity index is 1330. The lowest BCUT2D eigenvalue weighted by molar-refractivity contribution is -0.133. The molecular formula is C28H32N6O5S. The first-order valence-corrected chi connectivity index (χ1v) is 13.2. The zero-order valence-corrected chi connectivity index (χ0v) is 23.0. The molecule has 0 aromatic heterocycles. The number of aliphatic carboxylic acids is 2. The Morgan fingerprint density at radius 3 is 2.12 bits per heavy atom. The normalized spacial score (nSPS) is 16.3. The highest BCUT2D eigenvalue weighted by Crippen LogP contribution is 2.38. The summed E-state index contributed by atoms with van der Waals surface area (Å²) < 4.78 is 0. The van der Waals surface area contributed by atoms with Crippen LogP contribution in [0.3, 0.4) is 0 Å². The van der Waals surface area contributed by atoms with Gasteiger partial charge in [-0.3, -0.25) is 20.5 Å². The zero-order valence-electron chi connectivity index (χ0n) is 22.2. The molecule has 0 unspecified atom stereocenters. The molecule has 40 heavy (non-hydrogen) atoms. The average molecular weight is 565 g/mol. The highest BCUT2D eigenvalue weighted by atomic mass is 32.1. The van der Waals surface area contributed by atoms with Crippen molar-refractivity contribution in [1.82, 2.24) is 21.1 Å². The van der Waals surface area contributed by atoms with E-state index in [-0.39, 0.29) is 28.7 Å². The number of rotatable bonds is 7. The number of nitrogens with one attached hydrogen (secondary N) is 4. The average Bonchev–Trinajstić information content (AvgIpc) is 2.92. The van der Waals surface area contributed by atoms with E-state index >= 15 is 0 Å². The lowest BCUT2D eigenvalue weighted by Gasteiger charge is -2.35. The van der Waals surface area contributed by atoms with Crippen molar-refractivity contribution >= 4 is 46.6 Å². The van der Waals surface area contributed by atoms with Crippen molar-refractivity contribution in [3.8, 4) is 0 Å². The second-order valence-corrected chi connectivity index (χ2v) is 10.0. The van der Waals surface area contributed by atoms with E-state index in [2.05, 4.69) is 43.4 Å². The van der Waals surface area contributed by atoms with Crippen molar-refractivity contribution in [2.24, 2.45) is 0 Å². The van der Waals surface area contributed by atoms with Crippen molar-refractivity contribution in [3.05, 3.63) is 82.7 Å². The minimum Gasteiger partial charge on any atom is -0.478 e. The molecule has 210 valence electrons. The van der Waals surface area contributed by atoms with E-state index in [0.717, 1.165) is 26.2 Å². The number of carbonyl (C=O) groups excluding carboxylic acids is 1. The SMILES string of the molecule is CC1=C(C(=O)O)C(c2cccc(NC(=S)NNC(=O)CN3CCN(c4ccccc4)CC3)c2)C(C(=O)O)=C(C)N1. The molecule has 2 aromatic rings. The number of piperazine rings is 1. The third kappa shape index (κ3) is 6.77. The summed E-state index contributed by atoms with van der Waals surface area (Å²) in [7, 11) is 0. The number of carboxylic acid groups (broad SMARTS) is 2. The molecule has 0 aliphatic carbocycles. The second kappa shape index (κ2) is 12.6. The maximum absolute atomic E-state index is 12.5. The standard InChI is InChI=1S/C28H32N6O5S/c1-17-23(26(36)37)25(24(27(38)39)18(2)29-17)19-7-6-8-20(15-19)30-28(40)32-31-22(35)16-33-11-13-34(14-12-33)21-9-4-3-5-10-21/h3-10,15,25,29H,11-14,16H2,1-2H3,(H,31,35)(H,36,37)(H,38,39)(H2,30,32,40). The van der Waals surface area contributed by atoms with Crippen LogP contribution in [-0.2, 0) is 14.4 Å². The highest BCUT2D eigenvalue weighted by molar-refractivity contribution is 7.80. The van der Waals surface area contributed by atoms with E-state index in [9.17, 15) is 24.6 Å². The predicted molar refractivity (Wildman–Crippen MR) is 156 cm³/mol. The van der Waals surface area contributed by atoms with Crippen LogP contribution in [0.25, 0.3) is 0 Å². The summed E-state index contributed by atoms with van der Waals surface area (Å²) in [6, 6.07) is 16.9. The van der Waals surface area contributed by atoms with Crippen molar-refractivity contribution < 1.29 is 24.6 Å². The molecule has 4 rings (SSSR count).